The van der Waals surface area contributed by atoms with Gasteiger partial charge in [0.25, 0.3) is 0 Å². The molecule has 0 amide bonds. The van der Waals surface area contributed by atoms with Crippen LogP contribution in [0.3, 0.4) is 0 Å². The summed E-state index contributed by atoms with van der Waals surface area (Å²) in [4.78, 5) is 6.55. The molecule has 1 unspecified atom stereocenters. The lowest BCUT2D eigenvalue weighted by Gasteiger charge is -2.34. The second-order valence-corrected chi connectivity index (χ2v) is 5.62. The molecular formula is C13H21N3OS. The summed E-state index contributed by atoms with van der Waals surface area (Å²) in [6.45, 7) is 7.45. The lowest BCUT2D eigenvalue weighted by atomic mass is 10.0. The van der Waals surface area contributed by atoms with E-state index >= 15 is 0 Å². The van der Waals surface area contributed by atoms with E-state index in [4.69, 9.17) is 0 Å². The third-order valence-corrected chi connectivity index (χ3v) is 4.11. The van der Waals surface area contributed by atoms with Gasteiger partial charge >= 0.3 is 0 Å². The van der Waals surface area contributed by atoms with Crippen LogP contribution in [0.25, 0.3) is 0 Å². The number of hydrogen-bond donors (Lipinski definition) is 2. The highest BCUT2D eigenvalue weighted by Gasteiger charge is 2.23. The Labute approximate surface area is 112 Å². The van der Waals surface area contributed by atoms with Crippen LogP contribution in [0.15, 0.2) is 23.9 Å². The lowest BCUT2D eigenvalue weighted by Crippen LogP contribution is -2.43. The van der Waals surface area contributed by atoms with Gasteiger partial charge in [-0.25, -0.2) is 4.98 Å². The fourth-order valence-electron chi connectivity index (χ4n) is 2.39. The van der Waals surface area contributed by atoms with E-state index in [1.165, 1.54) is 12.8 Å². The molecule has 2 N–H and O–H groups in total. The molecule has 2 heterocycles. The van der Waals surface area contributed by atoms with Gasteiger partial charge in [-0.05, 0) is 19.4 Å². The summed E-state index contributed by atoms with van der Waals surface area (Å²) in [5, 5.41) is 16.1. The summed E-state index contributed by atoms with van der Waals surface area (Å²) in [5.41, 5.74) is 0. The Morgan fingerprint density at radius 1 is 1.61 bits per heavy atom. The summed E-state index contributed by atoms with van der Waals surface area (Å²) in [5.74, 6) is 0.314. The van der Waals surface area contributed by atoms with Gasteiger partial charge in [0.05, 0.1) is 6.04 Å². The molecule has 1 saturated heterocycles. The molecule has 1 aliphatic heterocycles. The van der Waals surface area contributed by atoms with Crippen molar-refractivity contribution in [1.29, 1.82) is 0 Å². The topological polar surface area (TPSA) is 48.4 Å². The van der Waals surface area contributed by atoms with E-state index in [0.29, 0.717) is 5.76 Å². The summed E-state index contributed by atoms with van der Waals surface area (Å²) < 4.78 is 0. The van der Waals surface area contributed by atoms with Crippen molar-refractivity contribution in [1.82, 2.24) is 15.2 Å². The van der Waals surface area contributed by atoms with E-state index in [2.05, 4.69) is 21.8 Å². The van der Waals surface area contributed by atoms with Crippen LogP contribution in [0.2, 0.25) is 0 Å². The summed E-state index contributed by atoms with van der Waals surface area (Å²) >= 11 is 1.67. The van der Waals surface area contributed by atoms with Crippen LogP contribution in [0.5, 0.6) is 0 Å². The third-order valence-electron chi connectivity index (χ3n) is 3.33. The number of likely N-dealkylation sites (tertiary alicyclic amines) is 1. The zero-order valence-electron chi connectivity index (χ0n) is 10.6. The lowest BCUT2D eigenvalue weighted by molar-refractivity contribution is 0.136. The summed E-state index contributed by atoms with van der Waals surface area (Å²) in [7, 11) is 0. The van der Waals surface area contributed by atoms with Crippen LogP contribution in [-0.4, -0.2) is 40.7 Å². The molecular weight excluding hydrogens is 246 g/mol. The van der Waals surface area contributed by atoms with Crippen LogP contribution in [0, 0.1) is 0 Å². The molecule has 0 saturated carbocycles. The number of nitrogens with one attached hydrogen (secondary N) is 1. The highest BCUT2D eigenvalue weighted by atomic mass is 32.1. The van der Waals surface area contributed by atoms with Crippen LogP contribution in [-0.2, 0) is 6.54 Å². The van der Waals surface area contributed by atoms with E-state index in [0.717, 1.165) is 37.6 Å². The highest BCUT2D eigenvalue weighted by Crippen LogP contribution is 2.20. The Morgan fingerprint density at radius 2 is 2.50 bits per heavy atom. The van der Waals surface area contributed by atoms with E-state index in [1.54, 1.807) is 11.3 Å². The number of aliphatic hydroxyl groups excluding tert-OH is 1. The molecule has 0 bridgehead atoms. The maximum atomic E-state index is 9.59. The normalized spacial score (nSPS) is 21.0. The maximum Gasteiger partial charge on any atom is 0.106 e. The molecule has 5 heteroatoms. The SMILES string of the molecule is C=C(O)C1CCCCN1CCNCc1nccs1. The van der Waals surface area contributed by atoms with Gasteiger partial charge in [0.1, 0.15) is 10.8 Å². The Balaban J connectivity index is 1.69. The minimum atomic E-state index is 0.153. The molecule has 1 fully saturated rings. The van der Waals surface area contributed by atoms with Crippen LogP contribution < -0.4 is 5.32 Å². The fourth-order valence-corrected chi connectivity index (χ4v) is 2.98. The Bertz CT molecular complexity index is 366. The molecule has 0 radical (unpaired) electrons. The van der Waals surface area contributed by atoms with Crippen molar-refractivity contribution in [2.75, 3.05) is 19.6 Å². The maximum absolute atomic E-state index is 9.59. The second-order valence-electron chi connectivity index (χ2n) is 4.64. The number of hydrogen-bond acceptors (Lipinski definition) is 5. The van der Waals surface area contributed by atoms with Gasteiger partial charge in [-0.1, -0.05) is 13.0 Å². The van der Waals surface area contributed by atoms with Gasteiger partial charge in [0.15, 0.2) is 0 Å². The van der Waals surface area contributed by atoms with Gasteiger partial charge < -0.3 is 10.4 Å². The van der Waals surface area contributed by atoms with Crippen LogP contribution in [0.1, 0.15) is 24.3 Å². The van der Waals surface area contributed by atoms with Gasteiger partial charge in [0, 0.05) is 31.2 Å². The first kappa shape index (κ1) is 13.5. The first-order chi connectivity index (χ1) is 8.77. The Hall–Kier alpha value is -0.910. The predicted molar refractivity (Wildman–Crippen MR) is 74.8 cm³/mol. The monoisotopic (exact) mass is 267 g/mol. The number of nitrogens with zero attached hydrogens (tertiary/aromatic N) is 2. The molecule has 4 nitrogen and oxygen atoms in total. The molecule has 2 rings (SSSR count). The molecule has 1 aromatic heterocycles. The van der Waals surface area contributed by atoms with E-state index in [1.807, 2.05) is 11.6 Å². The number of aliphatic hydroxyl groups is 1. The first-order valence-corrected chi connectivity index (χ1v) is 7.36. The molecule has 18 heavy (non-hydrogen) atoms. The van der Waals surface area contributed by atoms with Crippen molar-refractivity contribution in [3.05, 3.63) is 28.9 Å². The molecule has 0 aliphatic carbocycles. The standard InChI is InChI=1S/C13H21N3OS/c1-11(17)12-4-2-3-7-16(12)8-5-14-10-13-15-6-9-18-13/h6,9,12,14,17H,1-5,7-8,10H2. The van der Waals surface area contributed by atoms with Crippen LogP contribution >= 0.6 is 11.3 Å². The third kappa shape index (κ3) is 3.80. The Kier molecular flexibility index (Phi) is 5.16. The number of aromatic nitrogens is 1. The predicted octanol–water partition coefficient (Wildman–Crippen LogP) is 2.16. The van der Waals surface area contributed by atoms with E-state index < -0.39 is 0 Å². The average Bonchev–Trinajstić information content (AvgIpc) is 2.88. The van der Waals surface area contributed by atoms with Gasteiger partial charge in [-0.15, -0.1) is 11.3 Å². The first-order valence-electron chi connectivity index (χ1n) is 6.48. The highest BCUT2D eigenvalue weighted by molar-refractivity contribution is 7.09. The quantitative estimate of drug-likeness (QED) is 0.612. The van der Waals surface area contributed by atoms with E-state index in [9.17, 15) is 5.11 Å². The summed E-state index contributed by atoms with van der Waals surface area (Å²) in [6, 6.07) is 0.153. The number of thiazole rings is 1. The van der Waals surface area contributed by atoms with Crippen molar-refractivity contribution in [2.45, 2.75) is 31.8 Å². The minimum Gasteiger partial charge on any atom is -0.511 e. The van der Waals surface area contributed by atoms with Crippen LogP contribution in [0.4, 0.5) is 0 Å². The van der Waals surface area contributed by atoms with Gasteiger partial charge in [-0.3, -0.25) is 4.90 Å². The fraction of sp³-hybridized carbons (Fsp3) is 0.615. The largest absolute Gasteiger partial charge is 0.511 e. The zero-order chi connectivity index (χ0) is 12.8. The average molecular weight is 267 g/mol. The minimum absolute atomic E-state index is 0.153. The Morgan fingerprint density at radius 3 is 3.22 bits per heavy atom. The molecule has 1 atom stereocenters. The second kappa shape index (κ2) is 6.87. The molecule has 1 aliphatic rings. The van der Waals surface area contributed by atoms with Crippen molar-refractivity contribution in [3.8, 4) is 0 Å². The molecule has 0 aromatic carbocycles. The van der Waals surface area contributed by atoms with Gasteiger partial charge in [0.2, 0.25) is 0 Å². The van der Waals surface area contributed by atoms with Crippen molar-refractivity contribution >= 4 is 11.3 Å². The smallest absolute Gasteiger partial charge is 0.106 e. The molecule has 1 aromatic rings. The van der Waals surface area contributed by atoms with Crippen molar-refractivity contribution < 1.29 is 5.11 Å². The number of rotatable bonds is 6. The molecule has 100 valence electrons. The molecule has 0 spiro atoms. The van der Waals surface area contributed by atoms with E-state index in [-0.39, 0.29) is 6.04 Å². The van der Waals surface area contributed by atoms with Gasteiger partial charge in [-0.2, -0.15) is 0 Å². The van der Waals surface area contributed by atoms with Crippen molar-refractivity contribution in [3.63, 3.8) is 0 Å². The summed E-state index contributed by atoms with van der Waals surface area (Å²) in [6.07, 6.45) is 5.27. The zero-order valence-corrected chi connectivity index (χ0v) is 11.5. The van der Waals surface area contributed by atoms with Crippen molar-refractivity contribution in [2.24, 2.45) is 0 Å². The number of piperidine rings is 1.